The van der Waals surface area contributed by atoms with Crippen molar-refractivity contribution >= 4 is 5.91 Å². The Morgan fingerprint density at radius 2 is 1.96 bits per heavy atom. The van der Waals surface area contributed by atoms with E-state index in [1.807, 2.05) is 42.8 Å². The van der Waals surface area contributed by atoms with Crippen molar-refractivity contribution in [1.29, 1.82) is 0 Å². The lowest BCUT2D eigenvalue weighted by atomic mass is 10.1. The first-order valence-corrected chi connectivity index (χ1v) is 9.26. The number of fused-ring (bicyclic) bond motifs is 1. The highest BCUT2D eigenvalue weighted by molar-refractivity contribution is 5.94. The molecule has 1 aliphatic rings. The molecule has 1 N–H and O–H groups in total. The van der Waals surface area contributed by atoms with E-state index >= 15 is 0 Å². The number of nitrogens with zero attached hydrogens (tertiary/aromatic N) is 3. The monoisotopic (exact) mass is 378 g/mol. The van der Waals surface area contributed by atoms with Gasteiger partial charge in [0.15, 0.2) is 11.5 Å². The van der Waals surface area contributed by atoms with Crippen LogP contribution < -0.4 is 14.8 Å². The Bertz CT molecular complexity index is 999. The molecule has 0 unspecified atom stereocenters. The molecule has 0 radical (unpaired) electrons. The van der Waals surface area contributed by atoms with Gasteiger partial charge in [-0.15, -0.1) is 0 Å². The molecule has 7 heteroatoms. The average Bonchev–Trinajstić information content (AvgIpc) is 3.14. The Hall–Kier alpha value is -3.35. The summed E-state index contributed by atoms with van der Waals surface area (Å²) in [5.74, 6) is 2.88. The van der Waals surface area contributed by atoms with E-state index in [0.717, 1.165) is 22.9 Å². The van der Waals surface area contributed by atoms with Gasteiger partial charge < -0.3 is 14.8 Å². The molecule has 3 heterocycles. The number of imidazole rings is 1. The number of rotatable bonds is 5. The molecule has 0 spiro atoms. The van der Waals surface area contributed by atoms with Crippen molar-refractivity contribution in [2.45, 2.75) is 26.3 Å². The number of ether oxygens (including phenoxy) is 2. The number of hydrogen-bond donors (Lipinski definition) is 1. The number of benzene rings is 1. The van der Waals surface area contributed by atoms with Gasteiger partial charge in [-0.1, -0.05) is 6.07 Å². The third-order valence-corrected chi connectivity index (χ3v) is 4.61. The summed E-state index contributed by atoms with van der Waals surface area (Å²) in [6, 6.07) is 9.33. The lowest BCUT2D eigenvalue weighted by Gasteiger charge is -2.20. The summed E-state index contributed by atoms with van der Waals surface area (Å²) < 4.78 is 13.0. The van der Waals surface area contributed by atoms with E-state index in [1.54, 1.807) is 24.5 Å². The van der Waals surface area contributed by atoms with Crippen LogP contribution in [0.25, 0.3) is 5.82 Å². The maximum Gasteiger partial charge on any atom is 0.251 e. The van der Waals surface area contributed by atoms with Crippen molar-refractivity contribution in [3.05, 3.63) is 65.9 Å². The number of nitrogens with one attached hydrogen (secondary N) is 1. The van der Waals surface area contributed by atoms with Crippen molar-refractivity contribution in [3.63, 3.8) is 0 Å². The number of carbonyl (C=O) groups is 1. The molecule has 1 aromatic carbocycles. The molecule has 4 rings (SSSR count). The summed E-state index contributed by atoms with van der Waals surface area (Å²) in [7, 11) is 0. The summed E-state index contributed by atoms with van der Waals surface area (Å²) in [5, 5.41) is 3.05. The SMILES string of the molecule is Cc1nccn1-c1cc(C(=O)N[C@H](C)Cc2ccc3c(c2)OCCO3)ccn1. The molecule has 1 amide bonds. The number of aryl methyl sites for hydroxylation is 1. The van der Waals surface area contributed by atoms with Gasteiger partial charge >= 0.3 is 0 Å². The van der Waals surface area contributed by atoms with Crippen molar-refractivity contribution in [2.75, 3.05) is 13.2 Å². The van der Waals surface area contributed by atoms with Gasteiger partial charge in [-0.25, -0.2) is 9.97 Å². The molecule has 1 atom stereocenters. The second-order valence-corrected chi connectivity index (χ2v) is 6.80. The number of carbonyl (C=O) groups excluding carboxylic acids is 1. The van der Waals surface area contributed by atoms with Crippen LogP contribution in [0.2, 0.25) is 0 Å². The highest BCUT2D eigenvalue weighted by atomic mass is 16.6. The van der Waals surface area contributed by atoms with Crippen LogP contribution in [0.1, 0.15) is 28.7 Å². The molecule has 2 aromatic heterocycles. The molecule has 144 valence electrons. The van der Waals surface area contributed by atoms with E-state index in [-0.39, 0.29) is 11.9 Å². The predicted molar refractivity (Wildman–Crippen MR) is 104 cm³/mol. The highest BCUT2D eigenvalue weighted by Gasteiger charge is 2.15. The van der Waals surface area contributed by atoms with E-state index in [0.29, 0.717) is 31.0 Å². The lowest BCUT2D eigenvalue weighted by Crippen LogP contribution is -2.34. The number of pyridine rings is 1. The average molecular weight is 378 g/mol. The smallest absolute Gasteiger partial charge is 0.251 e. The maximum atomic E-state index is 12.7. The third kappa shape index (κ3) is 3.83. The molecule has 0 saturated carbocycles. The van der Waals surface area contributed by atoms with Crippen LogP contribution in [0.3, 0.4) is 0 Å². The lowest BCUT2D eigenvalue weighted by molar-refractivity contribution is 0.0940. The van der Waals surface area contributed by atoms with Gasteiger partial charge in [0.2, 0.25) is 0 Å². The van der Waals surface area contributed by atoms with Gasteiger partial charge in [0, 0.05) is 30.2 Å². The first-order chi connectivity index (χ1) is 13.6. The summed E-state index contributed by atoms with van der Waals surface area (Å²) in [4.78, 5) is 21.2. The topological polar surface area (TPSA) is 78.3 Å². The van der Waals surface area contributed by atoms with Gasteiger partial charge in [0.25, 0.3) is 5.91 Å². The quantitative estimate of drug-likeness (QED) is 0.739. The normalized spacial score (nSPS) is 13.8. The Morgan fingerprint density at radius 1 is 1.14 bits per heavy atom. The molecular weight excluding hydrogens is 356 g/mol. The van der Waals surface area contributed by atoms with Crippen molar-refractivity contribution < 1.29 is 14.3 Å². The van der Waals surface area contributed by atoms with Crippen LogP contribution in [-0.4, -0.2) is 39.7 Å². The van der Waals surface area contributed by atoms with Gasteiger partial charge in [0.05, 0.1) is 0 Å². The van der Waals surface area contributed by atoms with Crippen LogP contribution in [0.4, 0.5) is 0 Å². The fourth-order valence-corrected chi connectivity index (χ4v) is 3.24. The zero-order chi connectivity index (χ0) is 19.5. The Morgan fingerprint density at radius 3 is 2.75 bits per heavy atom. The summed E-state index contributed by atoms with van der Waals surface area (Å²) in [6.07, 6.45) is 5.86. The molecule has 1 aliphatic heterocycles. The van der Waals surface area contributed by atoms with Crippen molar-refractivity contribution in [1.82, 2.24) is 19.9 Å². The van der Waals surface area contributed by atoms with Gasteiger partial charge in [-0.05, 0) is 50.1 Å². The zero-order valence-electron chi connectivity index (χ0n) is 15.9. The maximum absolute atomic E-state index is 12.7. The first-order valence-electron chi connectivity index (χ1n) is 9.26. The summed E-state index contributed by atoms with van der Waals surface area (Å²) in [6.45, 7) is 5.01. The van der Waals surface area contributed by atoms with E-state index in [4.69, 9.17) is 9.47 Å². The molecule has 0 bridgehead atoms. The number of hydrogen-bond acceptors (Lipinski definition) is 5. The Labute approximate surface area is 163 Å². The molecule has 28 heavy (non-hydrogen) atoms. The Kier molecular flexibility index (Phi) is 4.97. The first kappa shape index (κ1) is 18.0. The minimum Gasteiger partial charge on any atom is -0.486 e. The van der Waals surface area contributed by atoms with Crippen molar-refractivity contribution in [3.8, 4) is 17.3 Å². The molecule has 3 aromatic rings. The summed E-state index contributed by atoms with van der Waals surface area (Å²) in [5.41, 5.74) is 1.65. The van der Waals surface area contributed by atoms with E-state index in [1.165, 1.54) is 0 Å². The van der Waals surface area contributed by atoms with Gasteiger partial charge in [0.1, 0.15) is 24.9 Å². The predicted octanol–water partition coefficient (Wildman–Crippen LogP) is 2.71. The highest BCUT2D eigenvalue weighted by Crippen LogP contribution is 2.31. The van der Waals surface area contributed by atoms with Crippen molar-refractivity contribution in [2.24, 2.45) is 0 Å². The Balaban J connectivity index is 1.43. The third-order valence-electron chi connectivity index (χ3n) is 4.61. The molecule has 0 saturated heterocycles. The standard InChI is InChI=1S/C21H22N4O3/c1-14(11-16-3-4-18-19(12-16)28-10-9-27-18)24-21(26)17-5-6-23-20(13-17)25-8-7-22-15(25)2/h3-8,12-14H,9-11H2,1-2H3,(H,24,26)/t14-/m1/s1. The van der Waals surface area contributed by atoms with E-state index < -0.39 is 0 Å². The van der Waals surface area contributed by atoms with Gasteiger partial charge in [-0.2, -0.15) is 0 Å². The number of aromatic nitrogens is 3. The minimum absolute atomic E-state index is 0.0401. The summed E-state index contributed by atoms with van der Waals surface area (Å²) >= 11 is 0. The molecule has 0 aliphatic carbocycles. The van der Waals surface area contributed by atoms with E-state index in [9.17, 15) is 4.79 Å². The molecule has 7 nitrogen and oxygen atoms in total. The van der Waals surface area contributed by atoms with Crippen LogP contribution in [-0.2, 0) is 6.42 Å². The van der Waals surface area contributed by atoms with Gasteiger partial charge in [-0.3, -0.25) is 9.36 Å². The number of amides is 1. The van der Waals surface area contributed by atoms with Crippen LogP contribution in [0.15, 0.2) is 48.9 Å². The largest absolute Gasteiger partial charge is 0.486 e. The fraction of sp³-hybridized carbons (Fsp3) is 0.286. The molecule has 0 fully saturated rings. The van der Waals surface area contributed by atoms with Crippen LogP contribution in [0, 0.1) is 6.92 Å². The zero-order valence-corrected chi connectivity index (χ0v) is 15.9. The second kappa shape index (κ2) is 7.72. The fourth-order valence-electron chi connectivity index (χ4n) is 3.24. The second-order valence-electron chi connectivity index (χ2n) is 6.80. The van der Waals surface area contributed by atoms with Crippen LogP contribution in [0.5, 0.6) is 11.5 Å². The molecular formula is C21H22N4O3. The van der Waals surface area contributed by atoms with Crippen LogP contribution >= 0.6 is 0 Å². The van der Waals surface area contributed by atoms with E-state index in [2.05, 4.69) is 15.3 Å². The minimum atomic E-state index is -0.133.